The van der Waals surface area contributed by atoms with Crippen molar-refractivity contribution in [1.82, 2.24) is 20.9 Å². The van der Waals surface area contributed by atoms with Gasteiger partial charge in [-0.15, -0.1) is 0 Å². The summed E-state index contributed by atoms with van der Waals surface area (Å²) >= 11 is 0. The fraction of sp³-hybridized carbons (Fsp3) is 0.414. The lowest BCUT2D eigenvalue weighted by Gasteiger charge is -2.29. The summed E-state index contributed by atoms with van der Waals surface area (Å²) in [6, 6.07) is 12.3. The summed E-state index contributed by atoms with van der Waals surface area (Å²) in [6.07, 6.45) is 3.98. The van der Waals surface area contributed by atoms with Crippen molar-refractivity contribution >= 4 is 29.5 Å². The molecule has 1 unspecified atom stereocenters. The standard InChI is InChI=1S/C29H32N4O5/c1-17(34)30-24(27(36)31-23-13-12-19-6-2-3-9-20(19)23)11-5-8-18-7-4-10-21-22(18)16-33(29(21)38)25-14-15-26(35)32-28(25)37/h2-4,6-7,9-10,23-25H,5,8,11-16H2,1H3,(H,30,34)(H,31,36)(H,32,35,37)/t23-,24+,25?/m1/s1. The highest BCUT2D eigenvalue weighted by Crippen LogP contribution is 2.32. The number of imide groups is 1. The minimum atomic E-state index is -0.658. The van der Waals surface area contributed by atoms with E-state index in [1.807, 2.05) is 30.3 Å². The van der Waals surface area contributed by atoms with E-state index in [0.29, 0.717) is 37.8 Å². The van der Waals surface area contributed by atoms with E-state index in [-0.39, 0.29) is 36.1 Å². The molecule has 3 atom stereocenters. The third-order valence-electron chi connectivity index (χ3n) is 7.76. The molecule has 2 aromatic rings. The maximum Gasteiger partial charge on any atom is 0.255 e. The number of hydrogen-bond donors (Lipinski definition) is 3. The largest absolute Gasteiger partial charge is 0.347 e. The number of rotatable bonds is 8. The molecule has 0 radical (unpaired) electrons. The number of piperidine rings is 1. The zero-order valence-corrected chi connectivity index (χ0v) is 21.4. The van der Waals surface area contributed by atoms with Crippen LogP contribution in [0.5, 0.6) is 0 Å². The highest BCUT2D eigenvalue weighted by atomic mass is 16.2. The summed E-state index contributed by atoms with van der Waals surface area (Å²) in [5.41, 5.74) is 4.81. The third-order valence-corrected chi connectivity index (χ3v) is 7.76. The Morgan fingerprint density at radius 2 is 1.87 bits per heavy atom. The van der Waals surface area contributed by atoms with Gasteiger partial charge in [-0.05, 0) is 66.8 Å². The first-order valence-corrected chi connectivity index (χ1v) is 13.2. The fourth-order valence-electron chi connectivity index (χ4n) is 5.87. The lowest BCUT2D eigenvalue weighted by molar-refractivity contribution is -0.137. The van der Waals surface area contributed by atoms with Gasteiger partial charge < -0.3 is 15.5 Å². The van der Waals surface area contributed by atoms with Gasteiger partial charge in [-0.1, -0.05) is 36.4 Å². The number of carbonyl (C=O) groups excluding carboxylic acids is 5. The monoisotopic (exact) mass is 516 g/mol. The molecule has 0 bridgehead atoms. The van der Waals surface area contributed by atoms with E-state index in [2.05, 4.69) is 22.0 Å². The summed E-state index contributed by atoms with van der Waals surface area (Å²) in [5, 5.41) is 8.24. The zero-order valence-electron chi connectivity index (χ0n) is 21.4. The molecule has 9 heteroatoms. The number of hydrogen-bond acceptors (Lipinski definition) is 5. The minimum absolute atomic E-state index is 0.0587. The summed E-state index contributed by atoms with van der Waals surface area (Å²) < 4.78 is 0. The molecule has 0 saturated carbocycles. The predicted octanol–water partition coefficient (Wildman–Crippen LogP) is 2.08. The third kappa shape index (κ3) is 5.18. The Balaban J connectivity index is 1.23. The number of nitrogens with one attached hydrogen (secondary N) is 3. The number of benzene rings is 2. The van der Waals surface area contributed by atoms with Gasteiger partial charge in [-0.2, -0.15) is 0 Å². The predicted molar refractivity (Wildman–Crippen MR) is 139 cm³/mol. The number of aryl methyl sites for hydroxylation is 2. The van der Waals surface area contributed by atoms with Crippen LogP contribution in [0.25, 0.3) is 0 Å². The molecule has 1 aliphatic carbocycles. The maximum absolute atomic E-state index is 13.2. The lowest BCUT2D eigenvalue weighted by atomic mass is 9.97. The van der Waals surface area contributed by atoms with Crippen LogP contribution in [0, 0.1) is 0 Å². The smallest absolute Gasteiger partial charge is 0.255 e. The Hall–Kier alpha value is -4.01. The molecule has 1 fully saturated rings. The van der Waals surface area contributed by atoms with E-state index in [1.165, 1.54) is 12.5 Å². The van der Waals surface area contributed by atoms with Gasteiger partial charge in [0.1, 0.15) is 12.1 Å². The zero-order chi connectivity index (χ0) is 26.8. The Kier molecular flexibility index (Phi) is 7.26. The first-order valence-electron chi connectivity index (χ1n) is 13.2. The molecule has 3 aliphatic rings. The molecule has 38 heavy (non-hydrogen) atoms. The van der Waals surface area contributed by atoms with Crippen molar-refractivity contribution in [3.8, 4) is 0 Å². The van der Waals surface area contributed by atoms with Gasteiger partial charge in [0.05, 0.1) is 6.04 Å². The molecule has 0 spiro atoms. The molecule has 0 aromatic heterocycles. The van der Waals surface area contributed by atoms with E-state index in [0.717, 1.165) is 29.5 Å². The number of nitrogens with zero attached hydrogens (tertiary/aromatic N) is 1. The van der Waals surface area contributed by atoms with Crippen LogP contribution in [0.1, 0.15) is 77.7 Å². The fourth-order valence-corrected chi connectivity index (χ4v) is 5.87. The molecule has 2 aromatic carbocycles. The van der Waals surface area contributed by atoms with Gasteiger partial charge in [0, 0.05) is 25.5 Å². The normalized spacial score (nSPS) is 21.0. The highest BCUT2D eigenvalue weighted by Gasteiger charge is 2.39. The van der Waals surface area contributed by atoms with Gasteiger partial charge in [0.2, 0.25) is 23.6 Å². The average Bonchev–Trinajstić information content (AvgIpc) is 3.45. The van der Waals surface area contributed by atoms with E-state index < -0.39 is 18.0 Å². The minimum Gasteiger partial charge on any atom is -0.347 e. The van der Waals surface area contributed by atoms with Crippen LogP contribution in [0.3, 0.4) is 0 Å². The number of carbonyl (C=O) groups is 5. The van der Waals surface area contributed by atoms with Crippen molar-refractivity contribution in [3.63, 3.8) is 0 Å². The van der Waals surface area contributed by atoms with Crippen LogP contribution in [0.15, 0.2) is 42.5 Å². The van der Waals surface area contributed by atoms with Gasteiger partial charge in [-0.25, -0.2) is 0 Å². The molecule has 1 saturated heterocycles. The van der Waals surface area contributed by atoms with Crippen molar-refractivity contribution in [2.45, 2.75) is 76.5 Å². The molecule has 9 nitrogen and oxygen atoms in total. The van der Waals surface area contributed by atoms with Crippen LogP contribution in [0.4, 0.5) is 0 Å². The molecule has 198 valence electrons. The summed E-state index contributed by atoms with van der Waals surface area (Å²) in [5.74, 6) is -1.41. The first kappa shape index (κ1) is 25.6. The van der Waals surface area contributed by atoms with Crippen molar-refractivity contribution in [2.24, 2.45) is 0 Å². The molecule has 2 heterocycles. The second-order valence-electron chi connectivity index (χ2n) is 10.3. The Morgan fingerprint density at radius 3 is 2.66 bits per heavy atom. The topological polar surface area (TPSA) is 125 Å². The van der Waals surface area contributed by atoms with Crippen LogP contribution >= 0.6 is 0 Å². The van der Waals surface area contributed by atoms with Gasteiger partial charge >= 0.3 is 0 Å². The lowest BCUT2D eigenvalue weighted by Crippen LogP contribution is -2.52. The van der Waals surface area contributed by atoms with E-state index in [1.54, 1.807) is 11.0 Å². The quantitative estimate of drug-likeness (QED) is 0.464. The van der Waals surface area contributed by atoms with Crippen LogP contribution < -0.4 is 16.0 Å². The van der Waals surface area contributed by atoms with Crippen LogP contribution in [-0.4, -0.2) is 46.5 Å². The van der Waals surface area contributed by atoms with E-state index in [9.17, 15) is 24.0 Å². The average molecular weight is 517 g/mol. The van der Waals surface area contributed by atoms with Gasteiger partial charge in [0.15, 0.2) is 0 Å². The summed E-state index contributed by atoms with van der Waals surface area (Å²) in [4.78, 5) is 63.5. The van der Waals surface area contributed by atoms with Crippen LogP contribution in [0.2, 0.25) is 0 Å². The first-order chi connectivity index (χ1) is 18.3. The van der Waals surface area contributed by atoms with Crippen molar-refractivity contribution in [3.05, 3.63) is 70.3 Å². The van der Waals surface area contributed by atoms with Crippen LogP contribution in [-0.2, 0) is 38.6 Å². The Labute approximate surface area is 221 Å². The molecule has 3 N–H and O–H groups in total. The van der Waals surface area contributed by atoms with Gasteiger partial charge in [-0.3, -0.25) is 29.3 Å². The summed E-state index contributed by atoms with van der Waals surface area (Å²) in [6.45, 7) is 1.72. The Bertz CT molecular complexity index is 1310. The molecular formula is C29H32N4O5. The molecule has 5 rings (SSSR count). The second-order valence-corrected chi connectivity index (χ2v) is 10.3. The second kappa shape index (κ2) is 10.8. The van der Waals surface area contributed by atoms with Gasteiger partial charge in [0.25, 0.3) is 5.91 Å². The summed E-state index contributed by atoms with van der Waals surface area (Å²) in [7, 11) is 0. The molecule has 2 aliphatic heterocycles. The van der Waals surface area contributed by atoms with E-state index >= 15 is 0 Å². The maximum atomic E-state index is 13.2. The molecule has 5 amide bonds. The van der Waals surface area contributed by atoms with Crippen molar-refractivity contribution in [2.75, 3.05) is 0 Å². The molecular weight excluding hydrogens is 484 g/mol. The highest BCUT2D eigenvalue weighted by molar-refractivity contribution is 6.05. The Morgan fingerprint density at radius 1 is 1.05 bits per heavy atom. The van der Waals surface area contributed by atoms with E-state index in [4.69, 9.17) is 0 Å². The SMILES string of the molecule is CC(=O)N[C@@H](CCCc1cccc2c1CN(C1CCC(=O)NC1=O)C2=O)C(=O)N[C@@H]1CCc2ccccc21. The van der Waals surface area contributed by atoms with Crippen molar-refractivity contribution < 1.29 is 24.0 Å². The number of amides is 5. The number of fused-ring (bicyclic) bond motifs is 2. The van der Waals surface area contributed by atoms with Crippen molar-refractivity contribution in [1.29, 1.82) is 0 Å².